The highest BCUT2D eigenvalue weighted by Crippen LogP contribution is 2.19. The summed E-state index contributed by atoms with van der Waals surface area (Å²) >= 11 is 1.59. The van der Waals surface area contributed by atoms with Crippen LogP contribution in [0, 0.1) is 10.1 Å². The third-order valence-corrected chi connectivity index (χ3v) is 3.46. The summed E-state index contributed by atoms with van der Waals surface area (Å²) in [6, 6.07) is 9.73. The van der Waals surface area contributed by atoms with E-state index in [2.05, 4.69) is 0 Å². The number of benzene rings is 1. The first-order valence-electron chi connectivity index (χ1n) is 6.30. The van der Waals surface area contributed by atoms with Gasteiger partial charge in [-0.05, 0) is 17.5 Å². The number of thiophene rings is 1. The first-order valence-corrected chi connectivity index (χ1v) is 7.18. The molecule has 1 unspecified atom stereocenters. The van der Waals surface area contributed by atoms with E-state index in [1.54, 1.807) is 17.4 Å². The predicted molar refractivity (Wildman–Crippen MR) is 78.6 cm³/mol. The van der Waals surface area contributed by atoms with Crippen molar-refractivity contribution in [3.8, 4) is 5.75 Å². The maximum Gasteiger partial charge on any atom is 0.273 e. The van der Waals surface area contributed by atoms with Gasteiger partial charge in [0, 0.05) is 10.9 Å². The maximum atomic E-state index is 10.6. The van der Waals surface area contributed by atoms with E-state index in [0.717, 1.165) is 4.88 Å². The average Bonchev–Trinajstić information content (AvgIpc) is 2.99. The molecule has 0 fully saturated rings. The van der Waals surface area contributed by atoms with Crippen LogP contribution in [0.15, 0.2) is 41.8 Å². The second-order valence-corrected chi connectivity index (χ2v) is 5.35. The van der Waals surface area contributed by atoms with Crippen molar-refractivity contribution in [3.05, 3.63) is 56.8 Å². The summed E-state index contributed by atoms with van der Waals surface area (Å²) in [7, 11) is 0. The molecule has 1 aromatic carbocycles. The lowest BCUT2D eigenvalue weighted by molar-refractivity contribution is -0.384. The number of hydrogen-bond donors (Lipinski definition) is 1. The molecule has 0 saturated carbocycles. The molecular formula is C14H15NO5S. The standard InChI is InChI=1S/C14H15NO5S/c16-12(8-19-10-14-5-2-6-21-14)9-20-13-4-1-3-11(7-13)15(17)18/h1-7,12,16H,8-10H2. The van der Waals surface area contributed by atoms with Gasteiger partial charge in [-0.1, -0.05) is 12.1 Å². The third-order valence-electron chi connectivity index (χ3n) is 2.61. The van der Waals surface area contributed by atoms with Crippen molar-refractivity contribution in [1.29, 1.82) is 0 Å². The number of hydrogen-bond acceptors (Lipinski definition) is 6. The van der Waals surface area contributed by atoms with Crippen LogP contribution in [0.5, 0.6) is 5.75 Å². The van der Waals surface area contributed by atoms with Gasteiger partial charge in [-0.15, -0.1) is 11.3 Å². The molecule has 0 spiro atoms. The lowest BCUT2D eigenvalue weighted by atomic mass is 10.3. The van der Waals surface area contributed by atoms with Gasteiger partial charge in [-0.3, -0.25) is 10.1 Å². The van der Waals surface area contributed by atoms with Gasteiger partial charge < -0.3 is 14.6 Å². The van der Waals surface area contributed by atoms with Crippen molar-refractivity contribution in [2.75, 3.05) is 13.2 Å². The van der Waals surface area contributed by atoms with E-state index in [0.29, 0.717) is 12.4 Å². The van der Waals surface area contributed by atoms with Crippen LogP contribution in [-0.2, 0) is 11.3 Å². The summed E-state index contributed by atoms with van der Waals surface area (Å²) < 4.78 is 10.7. The molecule has 0 bridgehead atoms. The van der Waals surface area contributed by atoms with Gasteiger partial charge in [0.05, 0.1) is 24.2 Å². The molecule has 1 atom stereocenters. The second-order valence-electron chi connectivity index (χ2n) is 4.31. The SMILES string of the molecule is O=[N+]([O-])c1cccc(OCC(O)COCc2cccs2)c1. The van der Waals surface area contributed by atoms with E-state index < -0.39 is 11.0 Å². The Morgan fingerprint density at radius 3 is 2.86 bits per heavy atom. The Hall–Kier alpha value is -1.96. The van der Waals surface area contributed by atoms with Gasteiger partial charge in [-0.2, -0.15) is 0 Å². The zero-order valence-corrected chi connectivity index (χ0v) is 12.0. The minimum Gasteiger partial charge on any atom is -0.491 e. The van der Waals surface area contributed by atoms with Crippen LogP contribution in [0.2, 0.25) is 0 Å². The van der Waals surface area contributed by atoms with Crippen molar-refractivity contribution in [2.24, 2.45) is 0 Å². The Balaban J connectivity index is 1.72. The zero-order chi connectivity index (χ0) is 15.1. The number of nitro groups is 1. The molecule has 6 nitrogen and oxygen atoms in total. The van der Waals surface area contributed by atoms with E-state index in [-0.39, 0.29) is 18.9 Å². The third kappa shape index (κ3) is 5.14. The van der Waals surface area contributed by atoms with Gasteiger partial charge in [0.2, 0.25) is 0 Å². The molecule has 2 rings (SSSR count). The normalized spacial score (nSPS) is 12.0. The Kier molecular flexibility index (Phi) is 5.68. The minimum absolute atomic E-state index is 0.0195. The summed E-state index contributed by atoms with van der Waals surface area (Å²) in [5.74, 6) is 0.349. The molecule has 2 aromatic rings. The van der Waals surface area contributed by atoms with Crippen molar-refractivity contribution in [1.82, 2.24) is 0 Å². The Labute approximate surface area is 125 Å². The van der Waals surface area contributed by atoms with Gasteiger partial charge >= 0.3 is 0 Å². The second kappa shape index (κ2) is 7.72. The quantitative estimate of drug-likeness (QED) is 0.599. The molecule has 0 aliphatic rings. The fraction of sp³-hybridized carbons (Fsp3) is 0.286. The summed E-state index contributed by atoms with van der Waals surface area (Å²) in [5.41, 5.74) is -0.0454. The molecule has 21 heavy (non-hydrogen) atoms. The van der Waals surface area contributed by atoms with Gasteiger partial charge in [0.1, 0.15) is 18.5 Å². The van der Waals surface area contributed by atoms with Gasteiger partial charge in [0.15, 0.2) is 0 Å². The van der Waals surface area contributed by atoms with Crippen molar-refractivity contribution in [3.63, 3.8) is 0 Å². The molecule has 0 saturated heterocycles. The van der Waals surface area contributed by atoms with E-state index in [1.165, 1.54) is 18.2 Å². The summed E-state index contributed by atoms with van der Waals surface area (Å²) in [6.45, 7) is 0.615. The molecule has 7 heteroatoms. The first-order chi connectivity index (χ1) is 10.1. The number of nitrogens with zero attached hydrogens (tertiary/aromatic N) is 1. The largest absolute Gasteiger partial charge is 0.491 e. The molecular weight excluding hydrogens is 294 g/mol. The molecule has 0 radical (unpaired) electrons. The molecule has 1 aromatic heterocycles. The monoisotopic (exact) mass is 309 g/mol. The highest BCUT2D eigenvalue weighted by Gasteiger charge is 2.09. The van der Waals surface area contributed by atoms with Crippen LogP contribution in [0.4, 0.5) is 5.69 Å². The fourth-order valence-electron chi connectivity index (χ4n) is 1.62. The van der Waals surface area contributed by atoms with Crippen LogP contribution < -0.4 is 4.74 Å². The van der Waals surface area contributed by atoms with Crippen LogP contribution in [0.3, 0.4) is 0 Å². The smallest absolute Gasteiger partial charge is 0.273 e. The number of nitro benzene ring substituents is 1. The first kappa shape index (κ1) is 15.4. The topological polar surface area (TPSA) is 81.8 Å². The molecule has 112 valence electrons. The van der Waals surface area contributed by atoms with E-state index >= 15 is 0 Å². The van der Waals surface area contributed by atoms with E-state index in [1.807, 2.05) is 17.5 Å². The molecule has 1 heterocycles. The van der Waals surface area contributed by atoms with Crippen molar-refractivity contribution in [2.45, 2.75) is 12.7 Å². The number of non-ortho nitro benzene ring substituents is 1. The summed E-state index contributed by atoms with van der Waals surface area (Å²) in [5, 5.41) is 22.3. The summed E-state index contributed by atoms with van der Waals surface area (Å²) in [6.07, 6.45) is -0.788. The zero-order valence-electron chi connectivity index (χ0n) is 11.2. The Bertz CT molecular complexity index is 573. The van der Waals surface area contributed by atoms with Gasteiger partial charge in [-0.25, -0.2) is 0 Å². The van der Waals surface area contributed by atoms with Crippen LogP contribution in [0.1, 0.15) is 4.88 Å². The van der Waals surface area contributed by atoms with Crippen LogP contribution in [0.25, 0.3) is 0 Å². The number of aliphatic hydroxyl groups is 1. The number of ether oxygens (including phenoxy) is 2. The lowest BCUT2D eigenvalue weighted by Crippen LogP contribution is -2.23. The van der Waals surface area contributed by atoms with Crippen molar-refractivity contribution < 1.29 is 19.5 Å². The molecule has 1 N–H and O–H groups in total. The van der Waals surface area contributed by atoms with Crippen LogP contribution >= 0.6 is 11.3 Å². The van der Waals surface area contributed by atoms with Crippen LogP contribution in [-0.4, -0.2) is 29.3 Å². The molecule has 0 aliphatic carbocycles. The highest BCUT2D eigenvalue weighted by atomic mass is 32.1. The Morgan fingerprint density at radius 1 is 1.29 bits per heavy atom. The lowest BCUT2D eigenvalue weighted by Gasteiger charge is -2.12. The molecule has 0 amide bonds. The van der Waals surface area contributed by atoms with E-state index in [4.69, 9.17) is 9.47 Å². The number of rotatable bonds is 8. The number of aliphatic hydroxyl groups excluding tert-OH is 1. The highest BCUT2D eigenvalue weighted by molar-refractivity contribution is 7.09. The minimum atomic E-state index is -0.788. The Morgan fingerprint density at radius 2 is 2.14 bits per heavy atom. The summed E-state index contributed by atoms with van der Waals surface area (Å²) in [4.78, 5) is 11.2. The average molecular weight is 309 g/mol. The predicted octanol–water partition coefficient (Wildman–Crippen LogP) is 2.61. The maximum absolute atomic E-state index is 10.6. The fourth-order valence-corrected chi connectivity index (χ4v) is 2.26. The molecule has 0 aliphatic heterocycles. The van der Waals surface area contributed by atoms with Gasteiger partial charge in [0.25, 0.3) is 5.69 Å². The van der Waals surface area contributed by atoms with Crippen molar-refractivity contribution >= 4 is 17.0 Å². The van der Waals surface area contributed by atoms with E-state index in [9.17, 15) is 15.2 Å².